The Hall–Kier alpha value is -2.44. The molecule has 5 N–H and O–H groups in total. The lowest BCUT2D eigenvalue weighted by Gasteiger charge is -2.17. The highest BCUT2D eigenvalue weighted by molar-refractivity contribution is 5.89. The van der Waals surface area contributed by atoms with E-state index in [0.717, 1.165) is 45.6 Å². The number of halogens is 2. The van der Waals surface area contributed by atoms with Crippen LogP contribution in [0.25, 0.3) is 22.4 Å². The molecule has 0 atom stereocenters. The molecule has 0 aliphatic rings. The highest BCUT2D eigenvalue weighted by Gasteiger charge is 2.16. The lowest BCUT2D eigenvalue weighted by Crippen LogP contribution is -2.10. The molecule has 31 heavy (non-hydrogen) atoms. The third-order valence-electron chi connectivity index (χ3n) is 4.92. The van der Waals surface area contributed by atoms with Crippen LogP contribution >= 0.6 is 24.8 Å². The molecule has 1 heterocycles. The summed E-state index contributed by atoms with van der Waals surface area (Å²) in [6.45, 7) is 5.18. The van der Waals surface area contributed by atoms with E-state index >= 15 is 0 Å². The normalized spacial score (nSPS) is 10.4. The summed E-state index contributed by atoms with van der Waals surface area (Å²) in [4.78, 5) is 16.3. The Balaban J connectivity index is 0.00000240. The van der Waals surface area contributed by atoms with Gasteiger partial charge in [0.15, 0.2) is 0 Å². The minimum Gasteiger partial charge on any atom is -0.478 e. The van der Waals surface area contributed by atoms with Gasteiger partial charge in [-0.1, -0.05) is 50.2 Å². The van der Waals surface area contributed by atoms with Gasteiger partial charge in [0.1, 0.15) is 0 Å². The first-order chi connectivity index (χ1) is 13.9. The lowest BCUT2D eigenvalue weighted by molar-refractivity contribution is 0.0697. The van der Waals surface area contributed by atoms with E-state index in [2.05, 4.69) is 13.8 Å². The van der Waals surface area contributed by atoms with Gasteiger partial charge in [-0.15, -0.1) is 24.8 Å². The molecular formula is C24H29Cl2N3O2. The third-order valence-corrected chi connectivity index (χ3v) is 4.92. The summed E-state index contributed by atoms with van der Waals surface area (Å²) in [5.74, 6) is -0.536. The van der Waals surface area contributed by atoms with Crippen molar-refractivity contribution in [2.75, 3.05) is 0 Å². The predicted octanol–water partition coefficient (Wildman–Crippen LogP) is 5.07. The SMILES string of the molecule is CC(C)Cc1nc(-c2cccc(C(=O)O)c2)cc(-c2ccc(CN)cc2)c1CN.Cl.Cl. The van der Waals surface area contributed by atoms with Crippen LogP contribution in [0.4, 0.5) is 0 Å². The van der Waals surface area contributed by atoms with Gasteiger partial charge < -0.3 is 16.6 Å². The van der Waals surface area contributed by atoms with Crippen LogP contribution in [0.15, 0.2) is 54.6 Å². The molecule has 2 aromatic carbocycles. The molecule has 0 aliphatic heterocycles. The second-order valence-electron chi connectivity index (χ2n) is 7.57. The molecule has 7 heteroatoms. The van der Waals surface area contributed by atoms with E-state index < -0.39 is 5.97 Å². The summed E-state index contributed by atoms with van der Waals surface area (Å²) >= 11 is 0. The van der Waals surface area contributed by atoms with Gasteiger partial charge in [0.05, 0.1) is 11.3 Å². The zero-order chi connectivity index (χ0) is 21.0. The summed E-state index contributed by atoms with van der Waals surface area (Å²) in [6.07, 6.45) is 0.798. The average molecular weight is 462 g/mol. The van der Waals surface area contributed by atoms with Gasteiger partial charge in [-0.25, -0.2) is 4.79 Å². The Bertz CT molecular complexity index is 1020. The molecule has 3 rings (SSSR count). The molecule has 0 saturated carbocycles. The number of hydrogen-bond donors (Lipinski definition) is 3. The van der Waals surface area contributed by atoms with E-state index in [-0.39, 0.29) is 30.4 Å². The summed E-state index contributed by atoms with van der Waals surface area (Å²) < 4.78 is 0. The number of rotatable bonds is 7. The van der Waals surface area contributed by atoms with Crippen LogP contribution in [0.5, 0.6) is 0 Å². The van der Waals surface area contributed by atoms with Crippen molar-refractivity contribution in [1.29, 1.82) is 0 Å². The van der Waals surface area contributed by atoms with E-state index in [1.807, 2.05) is 36.4 Å². The molecule has 0 saturated heterocycles. The molecule has 0 radical (unpaired) electrons. The van der Waals surface area contributed by atoms with Crippen molar-refractivity contribution in [3.63, 3.8) is 0 Å². The number of nitrogens with zero attached hydrogens (tertiary/aromatic N) is 1. The second-order valence-corrected chi connectivity index (χ2v) is 7.57. The number of carbonyl (C=O) groups is 1. The smallest absolute Gasteiger partial charge is 0.335 e. The van der Waals surface area contributed by atoms with E-state index in [1.54, 1.807) is 18.2 Å². The Kier molecular flexibility index (Phi) is 10.1. The zero-order valence-corrected chi connectivity index (χ0v) is 19.3. The summed E-state index contributed by atoms with van der Waals surface area (Å²) in [7, 11) is 0. The Morgan fingerprint density at radius 3 is 2.19 bits per heavy atom. The molecule has 166 valence electrons. The first-order valence-corrected chi connectivity index (χ1v) is 9.79. The molecule has 0 aliphatic carbocycles. The van der Waals surface area contributed by atoms with Crippen molar-refractivity contribution in [3.8, 4) is 22.4 Å². The van der Waals surface area contributed by atoms with E-state index in [0.29, 0.717) is 19.0 Å². The fraction of sp³-hybridized carbons (Fsp3) is 0.250. The van der Waals surface area contributed by atoms with Gasteiger partial charge in [-0.05, 0) is 52.8 Å². The highest BCUT2D eigenvalue weighted by Crippen LogP contribution is 2.32. The van der Waals surface area contributed by atoms with Crippen molar-refractivity contribution in [1.82, 2.24) is 4.98 Å². The van der Waals surface area contributed by atoms with Gasteiger partial charge in [-0.2, -0.15) is 0 Å². The van der Waals surface area contributed by atoms with Crippen molar-refractivity contribution < 1.29 is 9.90 Å². The fourth-order valence-electron chi connectivity index (χ4n) is 3.45. The van der Waals surface area contributed by atoms with Crippen LogP contribution in [0, 0.1) is 5.92 Å². The lowest BCUT2D eigenvalue weighted by atomic mass is 9.92. The molecule has 0 bridgehead atoms. The van der Waals surface area contributed by atoms with Crippen molar-refractivity contribution >= 4 is 30.8 Å². The molecule has 3 aromatic rings. The van der Waals surface area contributed by atoms with Crippen molar-refractivity contribution in [2.45, 2.75) is 33.4 Å². The fourth-order valence-corrected chi connectivity index (χ4v) is 3.45. The van der Waals surface area contributed by atoms with Gasteiger partial charge in [0.25, 0.3) is 0 Å². The number of carboxylic acids is 1. The Morgan fingerprint density at radius 2 is 1.65 bits per heavy atom. The quantitative estimate of drug-likeness (QED) is 0.455. The number of nitrogens with two attached hydrogens (primary N) is 2. The Labute approximate surface area is 195 Å². The number of pyridine rings is 1. The van der Waals surface area contributed by atoms with E-state index in [1.165, 1.54) is 0 Å². The van der Waals surface area contributed by atoms with Crippen LogP contribution in [-0.4, -0.2) is 16.1 Å². The van der Waals surface area contributed by atoms with Crippen molar-refractivity contribution in [3.05, 3.63) is 77.0 Å². The maximum absolute atomic E-state index is 11.4. The number of aromatic nitrogens is 1. The van der Waals surface area contributed by atoms with E-state index in [9.17, 15) is 9.90 Å². The van der Waals surface area contributed by atoms with Gasteiger partial charge in [0.2, 0.25) is 0 Å². The summed E-state index contributed by atoms with van der Waals surface area (Å²) in [5.41, 5.74) is 18.8. The number of hydrogen-bond acceptors (Lipinski definition) is 4. The highest BCUT2D eigenvalue weighted by atomic mass is 35.5. The van der Waals surface area contributed by atoms with Crippen LogP contribution in [0.3, 0.4) is 0 Å². The predicted molar refractivity (Wildman–Crippen MR) is 131 cm³/mol. The standard InChI is InChI=1S/C24H27N3O2.2ClH/c1-15(2)10-23-21(14-26)20(17-8-6-16(13-25)7-9-17)12-22(27-23)18-4-3-5-19(11-18)24(28)29;;/h3-9,11-12,15H,10,13-14,25-26H2,1-2H3,(H,28,29);2*1H. The number of benzene rings is 2. The first kappa shape index (κ1) is 26.6. The molecule has 5 nitrogen and oxygen atoms in total. The topological polar surface area (TPSA) is 102 Å². The third kappa shape index (κ3) is 6.28. The molecule has 0 unspecified atom stereocenters. The second kappa shape index (κ2) is 11.8. The number of aromatic carboxylic acids is 1. The summed E-state index contributed by atoms with van der Waals surface area (Å²) in [6, 6.07) is 17.0. The van der Waals surface area contributed by atoms with Gasteiger partial charge >= 0.3 is 5.97 Å². The first-order valence-electron chi connectivity index (χ1n) is 9.79. The molecule has 0 fully saturated rings. The van der Waals surface area contributed by atoms with Crippen LogP contribution in [-0.2, 0) is 19.5 Å². The maximum Gasteiger partial charge on any atom is 0.335 e. The monoisotopic (exact) mass is 461 g/mol. The van der Waals surface area contributed by atoms with Crippen LogP contribution in [0.2, 0.25) is 0 Å². The van der Waals surface area contributed by atoms with E-state index in [4.69, 9.17) is 16.5 Å². The zero-order valence-electron chi connectivity index (χ0n) is 17.7. The largest absolute Gasteiger partial charge is 0.478 e. The maximum atomic E-state index is 11.4. The molecular weight excluding hydrogens is 433 g/mol. The molecule has 0 spiro atoms. The number of carboxylic acid groups (broad SMARTS) is 1. The van der Waals surface area contributed by atoms with Crippen LogP contribution < -0.4 is 11.5 Å². The van der Waals surface area contributed by atoms with Crippen LogP contribution in [0.1, 0.15) is 41.0 Å². The summed E-state index contributed by atoms with van der Waals surface area (Å²) in [5, 5.41) is 9.35. The molecule has 0 amide bonds. The average Bonchev–Trinajstić information content (AvgIpc) is 2.73. The van der Waals surface area contributed by atoms with Gasteiger partial charge in [-0.3, -0.25) is 4.98 Å². The van der Waals surface area contributed by atoms with Crippen molar-refractivity contribution in [2.24, 2.45) is 17.4 Å². The molecule has 1 aromatic heterocycles. The minimum absolute atomic E-state index is 0. The Morgan fingerprint density at radius 1 is 0.968 bits per heavy atom. The van der Waals surface area contributed by atoms with Gasteiger partial charge in [0, 0.05) is 24.3 Å². The minimum atomic E-state index is -0.953.